The third-order valence-corrected chi connectivity index (χ3v) is 2.72. The van der Waals surface area contributed by atoms with Crippen molar-refractivity contribution >= 4 is 17.8 Å². The Morgan fingerprint density at radius 3 is 2.61 bits per heavy atom. The second-order valence-corrected chi connectivity index (χ2v) is 3.92. The Balaban J connectivity index is 2.25. The number of carboxylic acid groups (broad SMARTS) is 1. The van der Waals surface area contributed by atoms with Gasteiger partial charge in [-0.05, 0) is 6.42 Å². The molecule has 0 spiro atoms. The lowest BCUT2D eigenvalue weighted by Gasteiger charge is -2.24. The standard InChI is InChI=1S/C11H11N3O4/c15-9-2-1-3-10(16)14(9)5-8-7(11(17)18)4-12-6-13-8/h4,6H,1-3,5H2,(H,17,18). The van der Waals surface area contributed by atoms with E-state index in [0.717, 1.165) is 11.1 Å². The number of imide groups is 1. The summed E-state index contributed by atoms with van der Waals surface area (Å²) in [7, 11) is 0. The number of amides is 2. The van der Waals surface area contributed by atoms with E-state index in [9.17, 15) is 14.4 Å². The fourth-order valence-electron chi connectivity index (χ4n) is 1.79. The van der Waals surface area contributed by atoms with E-state index in [4.69, 9.17) is 5.11 Å². The van der Waals surface area contributed by atoms with Crippen LogP contribution in [0.25, 0.3) is 0 Å². The minimum absolute atomic E-state index is 0.0938. The maximum absolute atomic E-state index is 11.6. The Hall–Kier alpha value is -2.31. The number of piperidine rings is 1. The average Bonchev–Trinajstić information content (AvgIpc) is 2.34. The van der Waals surface area contributed by atoms with Crippen LogP contribution in [0.1, 0.15) is 35.3 Å². The lowest BCUT2D eigenvalue weighted by Crippen LogP contribution is -2.40. The zero-order valence-corrected chi connectivity index (χ0v) is 9.50. The Bertz CT molecular complexity index is 499. The first-order valence-electron chi connectivity index (χ1n) is 5.45. The van der Waals surface area contributed by atoms with Crippen molar-refractivity contribution in [1.82, 2.24) is 14.9 Å². The van der Waals surface area contributed by atoms with Gasteiger partial charge in [0.1, 0.15) is 11.9 Å². The fraction of sp³-hybridized carbons (Fsp3) is 0.364. The Morgan fingerprint density at radius 1 is 1.33 bits per heavy atom. The zero-order chi connectivity index (χ0) is 13.1. The first-order chi connectivity index (χ1) is 8.59. The van der Waals surface area contributed by atoms with Gasteiger partial charge >= 0.3 is 5.97 Å². The Morgan fingerprint density at radius 2 is 2.00 bits per heavy atom. The van der Waals surface area contributed by atoms with Gasteiger partial charge in [-0.1, -0.05) is 0 Å². The van der Waals surface area contributed by atoms with Crippen LogP contribution in [0.15, 0.2) is 12.5 Å². The number of carbonyl (C=O) groups excluding carboxylic acids is 2. The van der Waals surface area contributed by atoms with Gasteiger partial charge in [-0.3, -0.25) is 14.5 Å². The molecule has 1 aromatic rings. The minimum atomic E-state index is -1.18. The lowest BCUT2D eigenvalue weighted by atomic mass is 10.1. The largest absolute Gasteiger partial charge is 0.478 e. The van der Waals surface area contributed by atoms with E-state index in [2.05, 4.69) is 9.97 Å². The molecular weight excluding hydrogens is 238 g/mol. The molecule has 2 heterocycles. The quantitative estimate of drug-likeness (QED) is 0.769. The summed E-state index contributed by atoms with van der Waals surface area (Å²) in [5.74, 6) is -1.76. The highest BCUT2D eigenvalue weighted by molar-refractivity contribution is 5.97. The lowest BCUT2D eigenvalue weighted by molar-refractivity contribution is -0.148. The number of likely N-dealkylation sites (tertiary alicyclic amines) is 1. The van der Waals surface area contributed by atoms with Crippen molar-refractivity contribution in [2.24, 2.45) is 0 Å². The Labute approximate surface area is 102 Å². The number of hydrogen-bond donors (Lipinski definition) is 1. The molecule has 0 bridgehead atoms. The third-order valence-electron chi connectivity index (χ3n) is 2.72. The molecule has 0 aliphatic carbocycles. The average molecular weight is 249 g/mol. The topological polar surface area (TPSA) is 100 Å². The van der Waals surface area contributed by atoms with E-state index in [-0.39, 0.29) is 29.6 Å². The van der Waals surface area contributed by atoms with Gasteiger partial charge in [0.15, 0.2) is 0 Å². The number of aromatic carboxylic acids is 1. The van der Waals surface area contributed by atoms with E-state index >= 15 is 0 Å². The van der Waals surface area contributed by atoms with Crippen LogP contribution < -0.4 is 0 Å². The number of rotatable bonds is 3. The van der Waals surface area contributed by atoms with Crippen LogP contribution in [0, 0.1) is 0 Å². The number of hydrogen-bond acceptors (Lipinski definition) is 5. The molecule has 1 fully saturated rings. The van der Waals surface area contributed by atoms with Gasteiger partial charge in [0.25, 0.3) is 0 Å². The van der Waals surface area contributed by atoms with Crippen LogP contribution in [-0.2, 0) is 16.1 Å². The maximum atomic E-state index is 11.6. The van der Waals surface area contributed by atoms with E-state index < -0.39 is 5.97 Å². The first kappa shape index (κ1) is 12.2. The fourth-order valence-corrected chi connectivity index (χ4v) is 1.79. The predicted molar refractivity (Wildman–Crippen MR) is 58.4 cm³/mol. The van der Waals surface area contributed by atoms with Gasteiger partial charge < -0.3 is 5.11 Å². The van der Waals surface area contributed by atoms with Crippen LogP contribution >= 0.6 is 0 Å². The van der Waals surface area contributed by atoms with Gasteiger partial charge in [0.2, 0.25) is 11.8 Å². The summed E-state index contributed by atoms with van der Waals surface area (Å²) in [6, 6.07) is 0. The summed E-state index contributed by atoms with van der Waals surface area (Å²) >= 11 is 0. The molecule has 0 unspecified atom stereocenters. The van der Waals surface area contributed by atoms with Crippen LogP contribution in [0.4, 0.5) is 0 Å². The van der Waals surface area contributed by atoms with Gasteiger partial charge in [-0.15, -0.1) is 0 Å². The van der Waals surface area contributed by atoms with E-state index in [1.165, 1.54) is 6.33 Å². The normalized spacial score (nSPS) is 15.9. The molecule has 2 amide bonds. The van der Waals surface area contributed by atoms with Crippen molar-refractivity contribution in [1.29, 1.82) is 0 Å². The van der Waals surface area contributed by atoms with Crippen molar-refractivity contribution in [2.45, 2.75) is 25.8 Å². The van der Waals surface area contributed by atoms with Crippen LogP contribution in [0.3, 0.4) is 0 Å². The molecular formula is C11H11N3O4. The SMILES string of the molecule is O=C(O)c1cncnc1CN1C(=O)CCCC1=O. The first-order valence-corrected chi connectivity index (χ1v) is 5.45. The highest BCUT2D eigenvalue weighted by atomic mass is 16.4. The number of nitrogens with zero attached hydrogens (tertiary/aromatic N) is 3. The molecule has 2 rings (SSSR count). The highest BCUT2D eigenvalue weighted by Gasteiger charge is 2.27. The molecule has 1 N–H and O–H groups in total. The molecule has 94 valence electrons. The molecule has 0 radical (unpaired) electrons. The molecule has 0 aromatic carbocycles. The molecule has 7 heteroatoms. The number of carboxylic acids is 1. The summed E-state index contributed by atoms with van der Waals surface area (Å²) in [4.78, 5) is 42.7. The summed E-state index contributed by atoms with van der Waals surface area (Å²) < 4.78 is 0. The van der Waals surface area contributed by atoms with Gasteiger partial charge in [0, 0.05) is 19.0 Å². The summed E-state index contributed by atoms with van der Waals surface area (Å²) in [6.45, 7) is -0.109. The monoisotopic (exact) mass is 249 g/mol. The molecule has 7 nitrogen and oxygen atoms in total. The van der Waals surface area contributed by atoms with Crippen molar-refractivity contribution in [3.8, 4) is 0 Å². The second kappa shape index (κ2) is 4.91. The van der Waals surface area contributed by atoms with Gasteiger partial charge in [0.05, 0.1) is 12.2 Å². The highest BCUT2D eigenvalue weighted by Crippen LogP contribution is 2.16. The number of aromatic nitrogens is 2. The minimum Gasteiger partial charge on any atom is -0.478 e. The van der Waals surface area contributed by atoms with Crippen molar-refractivity contribution in [2.75, 3.05) is 0 Å². The van der Waals surface area contributed by atoms with Gasteiger partial charge in [-0.2, -0.15) is 0 Å². The summed E-state index contributed by atoms with van der Waals surface area (Å²) in [5.41, 5.74) is 0.0739. The summed E-state index contributed by atoms with van der Waals surface area (Å²) in [5, 5.41) is 8.96. The van der Waals surface area contributed by atoms with Crippen LogP contribution in [0.5, 0.6) is 0 Å². The maximum Gasteiger partial charge on any atom is 0.339 e. The molecule has 1 aromatic heterocycles. The number of carbonyl (C=O) groups is 3. The third kappa shape index (κ3) is 2.34. The molecule has 0 saturated carbocycles. The molecule has 1 aliphatic rings. The molecule has 18 heavy (non-hydrogen) atoms. The van der Waals surface area contributed by atoms with Gasteiger partial charge in [-0.25, -0.2) is 14.8 Å². The van der Waals surface area contributed by atoms with Crippen LogP contribution in [0.2, 0.25) is 0 Å². The Kier molecular flexibility index (Phi) is 3.31. The van der Waals surface area contributed by atoms with E-state index in [0.29, 0.717) is 19.3 Å². The van der Waals surface area contributed by atoms with Crippen molar-refractivity contribution in [3.63, 3.8) is 0 Å². The smallest absolute Gasteiger partial charge is 0.339 e. The van der Waals surface area contributed by atoms with E-state index in [1.54, 1.807) is 0 Å². The van der Waals surface area contributed by atoms with Crippen LogP contribution in [-0.4, -0.2) is 37.8 Å². The van der Waals surface area contributed by atoms with Crippen molar-refractivity contribution < 1.29 is 19.5 Å². The van der Waals surface area contributed by atoms with E-state index in [1.807, 2.05) is 0 Å². The molecule has 1 saturated heterocycles. The molecule has 0 atom stereocenters. The zero-order valence-electron chi connectivity index (χ0n) is 9.50. The second-order valence-electron chi connectivity index (χ2n) is 3.92. The predicted octanol–water partition coefficient (Wildman–Crippen LogP) is 0.214. The van der Waals surface area contributed by atoms with Crippen molar-refractivity contribution in [3.05, 3.63) is 23.8 Å². The summed E-state index contributed by atoms with van der Waals surface area (Å²) in [6.07, 6.45) is 3.51. The molecule has 1 aliphatic heterocycles.